The number of nitrogens with one attached hydrogen (secondary N) is 1. The zero-order valence-electron chi connectivity index (χ0n) is 16.7. The van der Waals surface area contributed by atoms with Crippen molar-refractivity contribution in [3.8, 4) is 11.5 Å². The lowest BCUT2D eigenvalue weighted by Crippen LogP contribution is -2.43. The fourth-order valence-corrected chi connectivity index (χ4v) is 3.66. The van der Waals surface area contributed by atoms with E-state index in [1.807, 2.05) is 72.8 Å². The van der Waals surface area contributed by atoms with Crippen molar-refractivity contribution in [3.05, 3.63) is 90.5 Å². The van der Waals surface area contributed by atoms with Gasteiger partial charge in [-0.1, -0.05) is 48.5 Å². The maximum absolute atomic E-state index is 13.3. The monoisotopic (exact) mass is 400 g/mol. The van der Waals surface area contributed by atoms with Gasteiger partial charge in [0.15, 0.2) is 0 Å². The van der Waals surface area contributed by atoms with Crippen LogP contribution in [0.2, 0.25) is 0 Å². The molecule has 0 spiro atoms. The quantitative estimate of drug-likeness (QED) is 0.658. The van der Waals surface area contributed by atoms with Crippen molar-refractivity contribution in [3.63, 3.8) is 0 Å². The summed E-state index contributed by atoms with van der Waals surface area (Å²) in [5.41, 5.74) is 1.28. The molecular weight excluding hydrogens is 376 g/mol. The maximum Gasteiger partial charge on any atom is 0.257 e. The summed E-state index contributed by atoms with van der Waals surface area (Å²) in [4.78, 5) is 27.7. The highest BCUT2D eigenvalue weighted by atomic mass is 16.5. The Kier molecular flexibility index (Phi) is 6.09. The topological polar surface area (TPSA) is 58.6 Å². The Morgan fingerprint density at radius 3 is 2.30 bits per heavy atom. The molecule has 30 heavy (non-hydrogen) atoms. The molecule has 1 aliphatic rings. The normalized spacial score (nSPS) is 16.0. The second-order valence-electron chi connectivity index (χ2n) is 7.36. The van der Waals surface area contributed by atoms with E-state index in [9.17, 15) is 9.59 Å². The van der Waals surface area contributed by atoms with Crippen LogP contribution < -0.4 is 10.1 Å². The van der Waals surface area contributed by atoms with Crippen molar-refractivity contribution in [2.24, 2.45) is 5.92 Å². The minimum atomic E-state index is -0.231. The molecule has 5 heteroatoms. The number of rotatable bonds is 5. The average molecular weight is 400 g/mol. The van der Waals surface area contributed by atoms with E-state index in [0.29, 0.717) is 30.2 Å². The molecule has 1 saturated heterocycles. The van der Waals surface area contributed by atoms with E-state index in [-0.39, 0.29) is 17.7 Å². The minimum absolute atomic E-state index is 0.0486. The molecule has 5 nitrogen and oxygen atoms in total. The Hall–Kier alpha value is -3.60. The average Bonchev–Trinajstić information content (AvgIpc) is 2.80. The van der Waals surface area contributed by atoms with Gasteiger partial charge >= 0.3 is 0 Å². The lowest BCUT2D eigenvalue weighted by atomic mass is 9.96. The van der Waals surface area contributed by atoms with E-state index >= 15 is 0 Å². The van der Waals surface area contributed by atoms with Crippen molar-refractivity contribution in [1.29, 1.82) is 0 Å². The standard InChI is InChI=1S/C25H24N2O3/c28-24(26-20-11-3-1-4-12-20)19-10-9-17-27(18-19)25(29)22-15-7-8-16-23(22)30-21-13-5-2-6-14-21/h1-8,11-16,19H,9-10,17-18H2,(H,26,28). The third kappa shape index (κ3) is 4.69. The molecule has 1 N–H and O–H groups in total. The highest BCUT2D eigenvalue weighted by molar-refractivity contribution is 5.98. The summed E-state index contributed by atoms with van der Waals surface area (Å²) >= 11 is 0. The van der Waals surface area contributed by atoms with Crippen molar-refractivity contribution in [1.82, 2.24) is 4.90 Å². The Labute approximate surface area is 176 Å². The highest BCUT2D eigenvalue weighted by Gasteiger charge is 2.30. The number of para-hydroxylation sites is 3. The van der Waals surface area contributed by atoms with Gasteiger partial charge in [-0.25, -0.2) is 0 Å². The fraction of sp³-hybridized carbons (Fsp3) is 0.200. The zero-order chi connectivity index (χ0) is 20.8. The van der Waals surface area contributed by atoms with Crippen molar-refractivity contribution in [2.45, 2.75) is 12.8 Å². The molecule has 4 rings (SSSR count). The number of carbonyl (C=O) groups is 2. The number of carbonyl (C=O) groups excluding carboxylic acids is 2. The van der Waals surface area contributed by atoms with Crippen LogP contribution in [0.5, 0.6) is 11.5 Å². The second kappa shape index (κ2) is 9.27. The number of benzene rings is 3. The van der Waals surface area contributed by atoms with E-state index in [1.165, 1.54) is 0 Å². The summed E-state index contributed by atoms with van der Waals surface area (Å²) in [6.07, 6.45) is 1.56. The molecule has 2 amide bonds. The number of amides is 2. The van der Waals surface area contributed by atoms with Gasteiger partial charge in [-0.3, -0.25) is 9.59 Å². The van der Waals surface area contributed by atoms with Crippen LogP contribution >= 0.6 is 0 Å². The highest BCUT2D eigenvalue weighted by Crippen LogP contribution is 2.28. The second-order valence-corrected chi connectivity index (χ2v) is 7.36. The Morgan fingerprint density at radius 1 is 0.867 bits per heavy atom. The van der Waals surface area contributed by atoms with Crippen molar-refractivity contribution >= 4 is 17.5 Å². The van der Waals surface area contributed by atoms with Gasteiger partial charge in [0, 0.05) is 18.8 Å². The van der Waals surface area contributed by atoms with Crippen molar-refractivity contribution < 1.29 is 14.3 Å². The summed E-state index contributed by atoms with van der Waals surface area (Å²) in [7, 11) is 0. The van der Waals surface area contributed by atoms with Crippen LogP contribution in [-0.4, -0.2) is 29.8 Å². The number of hydrogen-bond acceptors (Lipinski definition) is 3. The van der Waals surface area contributed by atoms with E-state index in [4.69, 9.17) is 4.74 Å². The molecule has 1 unspecified atom stereocenters. The van der Waals surface area contributed by atoms with Crippen LogP contribution in [0.15, 0.2) is 84.9 Å². The maximum atomic E-state index is 13.3. The lowest BCUT2D eigenvalue weighted by Gasteiger charge is -2.32. The van der Waals surface area contributed by atoms with Crippen LogP contribution in [0.1, 0.15) is 23.2 Å². The SMILES string of the molecule is O=C(Nc1ccccc1)C1CCCN(C(=O)c2ccccc2Oc2ccccc2)C1. The molecule has 1 fully saturated rings. The van der Waals surface area contributed by atoms with Gasteiger partial charge in [-0.05, 0) is 49.2 Å². The van der Waals surface area contributed by atoms with Gasteiger partial charge in [0.25, 0.3) is 5.91 Å². The smallest absolute Gasteiger partial charge is 0.257 e. The molecule has 152 valence electrons. The Morgan fingerprint density at radius 2 is 1.53 bits per heavy atom. The van der Waals surface area contributed by atoms with Gasteiger partial charge in [0.2, 0.25) is 5.91 Å². The number of hydrogen-bond donors (Lipinski definition) is 1. The van der Waals surface area contributed by atoms with Crippen LogP contribution in [0.25, 0.3) is 0 Å². The first-order valence-corrected chi connectivity index (χ1v) is 10.2. The van der Waals surface area contributed by atoms with E-state index in [1.54, 1.807) is 17.0 Å². The molecule has 1 aliphatic heterocycles. The van der Waals surface area contributed by atoms with Crippen LogP contribution in [0.4, 0.5) is 5.69 Å². The number of piperidine rings is 1. The molecule has 0 aliphatic carbocycles. The van der Waals surface area contributed by atoms with Gasteiger partial charge in [-0.2, -0.15) is 0 Å². The van der Waals surface area contributed by atoms with Crippen LogP contribution in [-0.2, 0) is 4.79 Å². The summed E-state index contributed by atoms with van der Waals surface area (Å²) in [5, 5.41) is 2.95. The number of anilines is 1. The number of likely N-dealkylation sites (tertiary alicyclic amines) is 1. The first kappa shape index (κ1) is 19.7. The molecule has 0 saturated carbocycles. The molecular formula is C25H24N2O3. The fourth-order valence-electron chi connectivity index (χ4n) is 3.66. The third-order valence-corrected chi connectivity index (χ3v) is 5.21. The molecule has 0 bridgehead atoms. The molecule has 1 atom stereocenters. The summed E-state index contributed by atoms with van der Waals surface area (Å²) in [5.74, 6) is 0.803. The van der Waals surface area contributed by atoms with Crippen molar-refractivity contribution in [2.75, 3.05) is 18.4 Å². The predicted octanol–water partition coefficient (Wildman–Crippen LogP) is 4.97. The van der Waals surface area contributed by atoms with Gasteiger partial charge in [0.1, 0.15) is 11.5 Å². The first-order chi connectivity index (χ1) is 14.7. The Bertz CT molecular complexity index is 1010. The number of ether oxygens (including phenoxy) is 1. The zero-order valence-corrected chi connectivity index (χ0v) is 16.7. The molecule has 0 aromatic heterocycles. The summed E-state index contributed by atoms with van der Waals surface area (Å²) < 4.78 is 5.95. The van der Waals surface area contributed by atoms with E-state index < -0.39 is 0 Å². The molecule has 0 radical (unpaired) electrons. The lowest BCUT2D eigenvalue weighted by molar-refractivity contribution is -0.121. The molecule has 3 aromatic carbocycles. The van der Waals surface area contributed by atoms with Gasteiger partial charge in [-0.15, -0.1) is 0 Å². The Balaban J connectivity index is 1.46. The number of nitrogens with zero attached hydrogens (tertiary/aromatic N) is 1. The predicted molar refractivity (Wildman–Crippen MR) is 117 cm³/mol. The van der Waals surface area contributed by atoms with Gasteiger partial charge < -0.3 is 15.0 Å². The minimum Gasteiger partial charge on any atom is -0.457 e. The van der Waals surface area contributed by atoms with Crippen LogP contribution in [0, 0.1) is 5.92 Å². The van der Waals surface area contributed by atoms with Crippen LogP contribution in [0.3, 0.4) is 0 Å². The summed E-state index contributed by atoms with van der Waals surface area (Å²) in [6.45, 7) is 1.03. The van der Waals surface area contributed by atoms with E-state index in [2.05, 4.69) is 5.32 Å². The molecule has 1 heterocycles. The van der Waals surface area contributed by atoms with Gasteiger partial charge in [0.05, 0.1) is 11.5 Å². The third-order valence-electron chi connectivity index (χ3n) is 5.21. The largest absolute Gasteiger partial charge is 0.457 e. The first-order valence-electron chi connectivity index (χ1n) is 10.2. The van der Waals surface area contributed by atoms with E-state index in [0.717, 1.165) is 18.5 Å². The molecule has 3 aromatic rings. The summed E-state index contributed by atoms with van der Waals surface area (Å²) in [6, 6.07) is 26.0.